The summed E-state index contributed by atoms with van der Waals surface area (Å²) < 4.78 is 2.10. The molecule has 2 heterocycles. The van der Waals surface area contributed by atoms with Crippen LogP contribution >= 0.6 is 0 Å². The van der Waals surface area contributed by atoms with Gasteiger partial charge in [-0.15, -0.1) is 0 Å². The van der Waals surface area contributed by atoms with Crippen molar-refractivity contribution in [2.75, 3.05) is 13.1 Å². The maximum Gasteiger partial charge on any atom is 0.122 e. The van der Waals surface area contributed by atoms with Crippen molar-refractivity contribution in [3.63, 3.8) is 0 Å². The summed E-state index contributed by atoms with van der Waals surface area (Å²) in [4.78, 5) is 7.09. The summed E-state index contributed by atoms with van der Waals surface area (Å²) in [6, 6.07) is 10.2. The van der Waals surface area contributed by atoms with Crippen LogP contribution in [-0.4, -0.2) is 33.6 Å². The van der Waals surface area contributed by atoms with Crippen molar-refractivity contribution in [2.24, 2.45) is 7.05 Å². The average molecular weight is 338 g/mol. The zero-order chi connectivity index (χ0) is 17.4. The summed E-state index contributed by atoms with van der Waals surface area (Å²) >= 11 is 0. The zero-order valence-corrected chi connectivity index (χ0v) is 15.7. The van der Waals surface area contributed by atoms with E-state index < -0.39 is 0 Å². The molecule has 1 N–H and O–H groups in total. The molecule has 4 nitrogen and oxygen atoms in total. The van der Waals surface area contributed by atoms with Gasteiger partial charge >= 0.3 is 0 Å². The van der Waals surface area contributed by atoms with Crippen molar-refractivity contribution in [1.29, 1.82) is 0 Å². The van der Waals surface area contributed by atoms with Gasteiger partial charge in [-0.25, -0.2) is 4.98 Å². The van der Waals surface area contributed by atoms with Crippen molar-refractivity contribution in [3.8, 4) is 0 Å². The van der Waals surface area contributed by atoms with Crippen LogP contribution in [0.4, 0.5) is 0 Å². The first-order valence-corrected chi connectivity index (χ1v) is 9.62. The minimum absolute atomic E-state index is 0.362. The third-order valence-corrected chi connectivity index (χ3v) is 6.42. The van der Waals surface area contributed by atoms with E-state index in [-0.39, 0.29) is 0 Å². The summed E-state index contributed by atoms with van der Waals surface area (Å²) in [5.74, 6) is 1.10. The number of nitrogens with zero attached hydrogens (tertiary/aromatic N) is 3. The molecule has 1 fully saturated rings. The van der Waals surface area contributed by atoms with E-state index in [1.807, 2.05) is 12.4 Å². The second kappa shape index (κ2) is 6.58. The standard InChI is InChI=1S/C21H30N4/c1-16(2)25-11-8-21(9-12-25)14-19(17-6-4-5-7-18(17)21)23-15-20-22-10-13-24(20)3/h4-7,10,13,16,19,23H,8-9,11-12,14-15H2,1-3H3/t19-/m1/s1. The summed E-state index contributed by atoms with van der Waals surface area (Å²) in [6.07, 6.45) is 7.68. The highest BCUT2D eigenvalue weighted by Crippen LogP contribution is 2.50. The first-order valence-electron chi connectivity index (χ1n) is 9.62. The van der Waals surface area contributed by atoms with Gasteiger partial charge in [0.15, 0.2) is 0 Å². The van der Waals surface area contributed by atoms with Gasteiger partial charge in [-0.1, -0.05) is 24.3 Å². The molecule has 4 heteroatoms. The predicted molar refractivity (Wildman–Crippen MR) is 101 cm³/mol. The van der Waals surface area contributed by atoms with Gasteiger partial charge < -0.3 is 14.8 Å². The zero-order valence-electron chi connectivity index (χ0n) is 15.7. The van der Waals surface area contributed by atoms with Crippen LogP contribution in [0, 0.1) is 0 Å². The maximum atomic E-state index is 4.46. The van der Waals surface area contributed by atoms with Crippen molar-refractivity contribution in [2.45, 2.75) is 57.2 Å². The summed E-state index contributed by atoms with van der Waals surface area (Å²) in [5.41, 5.74) is 3.46. The van der Waals surface area contributed by atoms with Crippen LogP contribution < -0.4 is 5.32 Å². The van der Waals surface area contributed by atoms with Gasteiger partial charge in [-0.2, -0.15) is 0 Å². The van der Waals surface area contributed by atoms with Crippen molar-refractivity contribution in [1.82, 2.24) is 19.8 Å². The lowest BCUT2D eigenvalue weighted by molar-refractivity contribution is 0.124. The minimum Gasteiger partial charge on any atom is -0.337 e. The van der Waals surface area contributed by atoms with Crippen LogP contribution in [0.25, 0.3) is 0 Å². The molecule has 1 saturated heterocycles. The summed E-state index contributed by atoms with van der Waals surface area (Å²) in [7, 11) is 2.07. The Morgan fingerprint density at radius 1 is 1.24 bits per heavy atom. The van der Waals surface area contributed by atoms with E-state index in [4.69, 9.17) is 0 Å². The monoisotopic (exact) mass is 338 g/mol. The number of aryl methyl sites for hydroxylation is 1. The number of hydrogen-bond acceptors (Lipinski definition) is 3. The molecule has 134 valence electrons. The molecule has 1 aliphatic carbocycles. The van der Waals surface area contributed by atoms with E-state index in [1.54, 1.807) is 5.56 Å². The molecule has 25 heavy (non-hydrogen) atoms. The molecular weight excluding hydrogens is 308 g/mol. The Kier molecular flexibility index (Phi) is 4.42. The first kappa shape index (κ1) is 16.8. The Hall–Kier alpha value is -1.65. The maximum absolute atomic E-state index is 4.46. The van der Waals surface area contributed by atoms with E-state index in [2.05, 4.69) is 64.9 Å². The Morgan fingerprint density at radius 3 is 2.68 bits per heavy atom. The first-order chi connectivity index (χ1) is 12.1. The Balaban J connectivity index is 1.53. The average Bonchev–Trinajstić information content (AvgIpc) is 3.16. The molecule has 1 atom stereocenters. The molecule has 2 aromatic rings. The molecule has 0 bridgehead atoms. The Bertz CT molecular complexity index is 725. The van der Waals surface area contributed by atoms with Crippen molar-refractivity contribution < 1.29 is 0 Å². The number of piperidine rings is 1. The third kappa shape index (κ3) is 3.02. The van der Waals surface area contributed by atoms with Crippen LogP contribution in [0.2, 0.25) is 0 Å². The molecule has 1 spiro atoms. The fraction of sp³-hybridized carbons (Fsp3) is 0.571. The molecule has 1 aliphatic heterocycles. The number of aromatic nitrogens is 2. The van der Waals surface area contributed by atoms with E-state index in [0.717, 1.165) is 12.4 Å². The fourth-order valence-corrected chi connectivity index (χ4v) is 4.80. The molecule has 0 amide bonds. The van der Waals surface area contributed by atoms with Crippen molar-refractivity contribution in [3.05, 3.63) is 53.6 Å². The quantitative estimate of drug-likeness (QED) is 0.927. The number of likely N-dealkylation sites (tertiary alicyclic amines) is 1. The molecule has 4 rings (SSSR count). The van der Waals surface area contributed by atoms with Crippen molar-refractivity contribution >= 4 is 0 Å². The number of imidazole rings is 1. The SMILES string of the molecule is CC(C)N1CCC2(CC1)C[C@@H](NCc1nccn1C)c1ccccc12. The molecule has 1 aromatic heterocycles. The summed E-state index contributed by atoms with van der Waals surface area (Å²) in [5, 5.41) is 3.79. The smallest absolute Gasteiger partial charge is 0.122 e. The Labute approximate surface area is 151 Å². The molecular formula is C21H30N4. The van der Waals surface area contributed by atoms with Gasteiger partial charge in [0.25, 0.3) is 0 Å². The van der Waals surface area contributed by atoms with Gasteiger partial charge in [-0.05, 0) is 62.7 Å². The fourth-order valence-electron chi connectivity index (χ4n) is 4.80. The third-order valence-electron chi connectivity index (χ3n) is 6.42. The normalized spacial score (nSPS) is 22.6. The van der Waals surface area contributed by atoms with Crippen LogP contribution in [0.3, 0.4) is 0 Å². The Morgan fingerprint density at radius 2 is 2.00 bits per heavy atom. The minimum atomic E-state index is 0.362. The number of fused-ring (bicyclic) bond motifs is 2. The molecule has 0 saturated carbocycles. The van der Waals surface area contributed by atoms with E-state index >= 15 is 0 Å². The number of rotatable bonds is 4. The van der Waals surface area contributed by atoms with Gasteiger partial charge in [0.05, 0.1) is 6.54 Å². The largest absolute Gasteiger partial charge is 0.337 e. The van der Waals surface area contributed by atoms with Crippen LogP contribution in [-0.2, 0) is 19.0 Å². The van der Waals surface area contributed by atoms with Gasteiger partial charge in [0.2, 0.25) is 0 Å². The van der Waals surface area contributed by atoms with Gasteiger partial charge in [0, 0.05) is 31.5 Å². The second-order valence-corrected chi connectivity index (χ2v) is 8.09. The van der Waals surface area contributed by atoms with Crippen LogP contribution in [0.15, 0.2) is 36.7 Å². The topological polar surface area (TPSA) is 33.1 Å². The van der Waals surface area contributed by atoms with Gasteiger partial charge in [0.1, 0.15) is 5.82 Å². The van der Waals surface area contributed by atoms with E-state index in [9.17, 15) is 0 Å². The second-order valence-electron chi connectivity index (χ2n) is 8.09. The van der Waals surface area contributed by atoms with Crippen LogP contribution in [0.5, 0.6) is 0 Å². The van der Waals surface area contributed by atoms with E-state index in [0.29, 0.717) is 17.5 Å². The lowest BCUT2D eigenvalue weighted by Crippen LogP contribution is -2.44. The predicted octanol–water partition coefficient (Wildman–Crippen LogP) is 3.40. The van der Waals surface area contributed by atoms with E-state index in [1.165, 1.54) is 37.9 Å². The number of hydrogen-bond donors (Lipinski definition) is 1. The highest BCUT2D eigenvalue weighted by Gasteiger charge is 2.45. The number of nitrogens with one attached hydrogen (secondary N) is 1. The lowest BCUT2D eigenvalue weighted by atomic mass is 9.73. The van der Waals surface area contributed by atoms with Gasteiger partial charge in [-0.3, -0.25) is 0 Å². The molecule has 2 aliphatic rings. The highest BCUT2D eigenvalue weighted by atomic mass is 15.2. The molecule has 0 radical (unpaired) electrons. The molecule has 0 unspecified atom stereocenters. The highest BCUT2D eigenvalue weighted by molar-refractivity contribution is 5.42. The van der Waals surface area contributed by atoms with Crippen LogP contribution in [0.1, 0.15) is 56.1 Å². The summed E-state index contributed by atoms with van der Waals surface area (Å²) in [6.45, 7) is 7.91. The lowest BCUT2D eigenvalue weighted by Gasteiger charge is -2.42. The molecule has 1 aromatic carbocycles. The number of benzene rings is 1.